The van der Waals surface area contributed by atoms with Crippen molar-refractivity contribution in [3.05, 3.63) is 24.0 Å². The predicted octanol–water partition coefficient (Wildman–Crippen LogP) is 0.734. The molecule has 84 valence electrons. The lowest BCUT2D eigenvalue weighted by molar-refractivity contribution is -0.121. The number of aromatic nitrogens is 1. The smallest absolute Gasteiger partial charge is 0.226 e. The Morgan fingerprint density at radius 2 is 2.44 bits per heavy atom. The van der Waals surface area contributed by atoms with Crippen LogP contribution in [0.4, 0.5) is 5.69 Å². The third-order valence-electron chi connectivity index (χ3n) is 2.02. The molecular formula is C12H15N3O. The number of hydrogen-bond acceptors (Lipinski definition) is 3. The fraction of sp³-hybridized carbons (Fsp3) is 0.333. The van der Waals surface area contributed by atoms with Gasteiger partial charge in [-0.25, -0.2) is 0 Å². The number of nitrogens with two attached hydrogens (primary N) is 1. The second-order valence-electron chi connectivity index (χ2n) is 3.64. The van der Waals surface area contributed by atoms with Gasteiger partial charge in [-0.3, -0.25) is 9.78 Å². The van der Waals surface area contributed by atoms with E-state index in [1.54, 1.807) is 12.1 Å². The third-order valence-corrected chi connectivity index (χ3v) is 2.02. The normalized spacial score (nSPS) is 11.5. The molecule has 0 bridgehead atoms. The van der Waals surface area contributed by atoms with E-state index in [-0.39, 0.29) is 18.4 Å². The Hall–Kier alpha value is -2.02. The highest BCUT2D eigenvalue weighted by atomic mass is 16.1. The van der Waals surface area contributed by atoms with Crippen LogP contribution in [0, 0.1) is 12.3 Å². The first kappa shape index (κ1) is 12.1. The number of nitrogens with one attached hydrogen (secondary N) is 1. The number of carbonyl (C=O) groups excluding carboxylic acids is 1. The molecule has 1 heterocycles. The quantitative estimate of drug-likeness (QED) is 0.731. The van der Waals surface area contributed by atoms with Crippen molar-refractivity contribution in [3.8, 4) is 12.3 Å². The Kier molecular flexibility index (Phi) is 4.34. The first-order chi connectivity index (χ1) is 7.61. The molecule has 0 aromatic carbocycles. The van der Waals surface area contributed by atoms with Crippen LogP contribution in [0.3, 0.4) is 0 Å². The summed E-state index contributed by atoms with van der Waals surface area (Å²) in [6.45, 7) is 1.87. The molecule has 0 fully saturated rings. The first-order valence-corrected chi connectivity index (χ1v) is 5.05. The van der Waals surface area contributed by atoms with E-state index in [2.05, 4.69) is 16.2 Å². The minimum atomic E-state index is -0.0833. The molecule has 1 rings (SSSR count). The van der Waals surface area contributed by atoms with Crippen molar-refractivity contribution >= 4 is 11.6 Å². The summed E-state index contributed by atoms with van der Waals surface area (Å²) in [6, 6.07) is 3.45. The average molecular weight is 217 g/mol. The van der Waals surface area contributed by atoms with Crippen molar-refractivity contribution in [2.24, 2.45) is 0 Å². The van der Waals surface area contributed by atoms with Gasteiger partial charge in [0.2, 0.25) is 5.91 Å². The van der Waals surface area contributed by atoms with E-state index >= 15 is 0 Å². The second kappa shape index (κ2) is 5.76. The minimum Gasteiger partial charge on any atom is -0.397 e. The van der Waals surface area contributed by atoms with Crippen molar-refractivity contribution in [1.82, 2.24) is 10.3 Å². The van der Waals surface area contributed by atoms with Crippen LogP contribution in [-0.4, -0.2) is 16.9 Å². The van der Waals surface area contributed by atoms with Crippen LogP contribution in [-0.2, 0) is 11.2 Å². The topological polar surface area (TPSA) is 68.0 Å². The van der Waals surface area contributed by atoms with E-state index in [4.69, 9.17) is 12.2 Å². The molecule has 4 heteroatoms. The van der Waals surface area contributed by atoms with Crippen molar-refractivity contribution in [2.45, 2.75) is 25.8 Å². The zero-order valence-corrected chi connectivity index (χ0v) is 9.23. The monoisotopic (exact) mass is 217 g/mol. The number of pyridine rings is 1. The lowest BCUT2D eigenvalue weighted by atomic mass is 10.2. The molecule has 0 aliphatic heterocycles. The van der Waals surface area contributed by atoms with Gasteiger partial charge in [-0.1, -0.05) is 0 Å². The number of carbonyl (C=O) groups is 1. The SMILES string of the molecule is C#CCC(C)NC(=O)Cc1ccc(N)cn1. The summed E-state index contributed by atoms with van der Waals surface area (Å²) in [5.41, 5.74) is 6.77. The molecule has 1 atom stereocenters. The van der Waals surface area contributed by atoms with Gasteiger partial charge in [0.1, 0.15) is 0 Å². The molecule has 3 N–H and O–H groups in total. The lowest BCUT2D eigenvalue weighted by Gasteiger charge is -2.10. The molecule has 0 aliphatic rings. The van der Waals surface area contributed by atoms with E-state index in [1.165, 1.54) is 6.20 Å². The molecule has 1 unspecified atom stereocenters. The summed E-state index contributed by atoms with van der Waals surface area (Å²) >= 11 is 0. The minimum absolute atomic E-state index is 0.00807. The summed E-state index contributed by atoms with van der Waals surface area (Å²) < 4.78 is 0. The fourth-order valence-corrected chi connectivity index (χ4v) is 1.26. The highest BCUT2D eigenvalue weighted by molar-refractivity contribution is 5.78. The van der Waals surface area contributed by atoms with Crippen LogP contribution >= 0.6 is 0 Å². The fourth-order valence-electron chi connectivity index (χ4n) is 1.26. The van der Waals surface area contributed by atoms with Gasteiger partial charge in [0.25, 0.3) is 0 Å². The Balaban J connectivity index is 2.46. The molecule has 0 spiro atoms. The molecule has 0 saturated carbocycles. The van der Waals surface area contributed by atoms with Crippen molar-refractivity contribution in [1.29, 1.82) is 0 Å². The maximum absolute atomic E-state index is 11.5. The van der Waals surface area contributed by atoms with Gasteiger partial charge in [0, 0.05) is 18.2 Å². The third kappa shape index (κ3) is 4.01. The second-order valence-corrected chi connectivity index (χ2v) is 3.64. The number of rotatable bonds is 4. The van der Waals surface area contributed by atoms with Gasteiger partial charge in [-0.2, -0.15) is 0 Å². The lowest BCUT2D eigenvalue weighted by Crippen LogP contribution is -2.33. The largest absolute Gasteiger partial charge is 0.397 e. The van der Waals surface area contributed by atoms with Crippen LogP contribution in [0.15, 0.2) is 18.3 Å². The molecule has 1 aromatic rings. The summed E-state index contributed by atoms with van der Waals surface area (Å²) in [5.74, 6) is 2.41. The predicted molar refractivity (Wildman–Crippen MR) is 63.4 cm³/mol. The Labute approximate surface area is 95.3 Å². The summed E-state index contributed by atoms with van der Waals surface area (Å²) in [4.78, 5) is 15.6. The molecule has 0 saturated heterocycles. The number of terminal acetylenes is 1. The van der Waals surface area contributed by atoms with Gasteiger partial charge in [0.15, 0.2) is 0 Å². The standard InChI is InChI=1S/C12H15N3O/c1-3-4-9(2)15-12(16)7-11-6-5-10(13)8-14-11/h1,5-6,8-9H,4,7,13H2,2H3,(H,15,16). The van der Waals surface area contributed by atoms with Crippen LogP contribution < -0.4 is 11.1 Å². The number of amides is 1. The zero-order chi connectivity index (χ0) is 12.0. The Bertz CT molecular complexity index is 392. The molecule has 16 heavy (non-hydrogen) atoms. The van der Waals surface area contributed by atoms with Gasteiger partial charge < -0.3 is 11.1 Å². The van der Waals surface area contributed by atoms with E-state index in [0.29, 0.717) is 17.8 Å². The molecule has 1 amide bonds. The number of nitrogen functional groups attached to an aromatic ring is 1. The highest BCUT2D eigenvalue weighted by Crippen LogP contribution is 2.02. The highest BCUT2D eigenvalue weighted by Gasteiger charge is 2.07. The summed E-state index contributed by atoms with van der Waals surface area (Å²) in [5, 5.41) is 2.79. The van der Waals surface area contributed by atoms with Crippen LogP contribution in [0.25, 0.3) is 0 Å². The van der Waals surface area contributed by atoms with Crippen LogP contribution in [0.5, 0.6) is 0 Å². The zero-order valence-electron chi connectivity index (χ0n) is 9.23. The van der Waals surface area contributed by atoms with Crippen molar-refractivity contribution < 1.29 is 4.79 Å². The number of anilines is 1. The van der Waals surface area contributed by atoms with Crippen molar-refractivity contribution in [3.63, 3.8) is 0 Å². The van der Waals surface area contributed by atoms with Gasteiger partial charge in [-0.05, 0) is 19.1 Å². The van der Waals surface area contributed by atoms with Crippen LogP contribution in [0.2, 0.25) is 0 Å². The Morgan fingerprint density at radius 1 is 1.69 bits per heavy atom. The van der Waals surface area contributed by atoms with E-state index < -0.39 is 0 Å². The molecule has 0 aliphatic carbocycles. The average Bonchev–Trinajstić information content (AvgIpc) is 2.21. The molecular weight excluding hydrogens is 202 g/mol. The van der Waals surface area contributed by atoms with Gasteiger partial charge in [0.05, 0.1) is 18.3 Å². The molecule has 4 nitrogen and oxygen atoms in total. The van der Waals surface area contributed by atoms with E-state index in [9.17, 15) is 4.79 Å². The number of hydrogen-bond donors (Lipinski definition) is 2. The van der Waals surface area contributed by atoms with E-state index in [1.807, 2.05) is 6.92 Å². The maximum Gasteiger partial charge on any atom is 0.226 e. The van der Waals surface area contributed by atoms with Crippen molar-refractivity contribution in [2.75, 3.05) is 5.73 Å². The summed E-state index contributed by atoms with van der Waals surface area (Å²) in [7, 11) is 0. The first-order valence-electron chi connectivity index (χ1n) is 5.05. The molecule has 1 aromatic heterocycles. The maximum atomic E-state index is 11.5. The number of nitrogens with zero attached hydrogens (tertiary/aromatic N) is 1. The Morgan fingerprint density at radius 3 is 3.00 bits per heavy atom. The molecule has 0 radical (unpaired) electrons. The van der Waals surface area contributed by atoms with E-state index in [0.717, 1.165) is 0 Å². The van der Waals surface area contributed by atoms with Crippen LogP contribution in [0.1, 0.15) is 19.0 Å². The van der Waals surface area contributed by atoms with Gasteiger partial charge in [-0.15, -0.1) is 12.3 Å². The summed E-state index contributed by atoms with van der Waals surface area (Å²) in [6.07, 6.45) is 7.46. The van der Waals surface area contributed by atoms with Gasteiger partial charge >= 0.3 is 0 Å².